The molecular weight excluding hydrogens is 340 g/mol. The van der Waals surface area contributed by atoms with Crippen molar-refractivity contribution in [3.05, 3.63) is 83.3 Å². The summed E-state index contributed by atoms with van der Waals surface area (Å²) in [5.41, 5.74) is 3.04. The highest BCUT2D eigenvalue weighted by atomic mass is 16.3. The Labute approximate surface area is 155 Å². The van der Waals surface area contributed by atoms with E-state index < -0.39 is 0 Å². The molecule has 0 saturated carbocycles. The number of amides is 1. The largest absolute Gasteiger partial charge is 0.469 e. The van der Waals surface area contributed by atoms with E-state index in [-0.39, 0.29) is 5.91 Å². The van der Waals surface area contributed by atoms with Gasteiger partial charge in [-0.05, 0) is 42.8 Å². The summed E-state index contributed by atoms with van der Waals surface area (Å²) in [5, 5.41) is 17.3. The fraction of sp³-hybridized carbons (Fsp3) is 0.0952. The quantitative estimate of drug-likeness (QED) is 0.596. The standard InChI is InChI=1S/C21H16N4O2/c1-14-17(10-11-27-14)21(26)23-20-18-4-2-3-5-19(18)25(24-20)13-16-8-6-15(12-22)7-9-16/h2-11H,13H2,1H3,(H,23,24,26). The topological polar surface area (TPSA) is 83.8 Å². The minimum absolute atomic E-state index is 0.255. The summed E-state index contributed by atoms with van der Waals surface area (Å²) in [5.74, 6) is 0.814. The van der Waals surface area contributed by atoms with Crippen molar-refractivity contribution in [3.63, 3.8) is 0 Å². The van der Waals surface area contributed by atoms with Crippen LogP contribution in [-0.2, 0) is 6.54 Å². The van der Waals surface area contributed by atoms with E-state index in [1.54, 1.807) is 25.1 Å². The number of anilines is 1. The highest BCUT2D eigenvalue weighted by Crippen LogP contribution is 2.24. The lowest BCUT2D eigenvalue weighted by molar-refractivity contribution is 0.102. The number of aromatic nitrogens is 2. The number of furan rings is 1. The SMILES string of the molecule is Cc1occc1C(=O)Nc1nn(Cc2ccc(C#N)cc2)c2ccccc12. The Hall–Kier alpha value is -3.85. The number of carbonyl (C=O) groups is 1. The lowest BCUT2D eigenvalue weighted by Gasteiger charge is -2.04. The number of aryl methyl sites for hydroxylation is 1. The number of para-hydroxylation sites is 1. The molecule has 6 heteroatoms. The van der Waals surface area contributed by atoms with Gasteiger partial charge >= 0.3 is 0 Å². The summed E-state index contributed by atoms with van der Waals surface area (Å²) in [4.78, 5) is 12.5. The minimum Gasteiger partial charge on any atom is -0.469 e. The first-order valence-corrected chi connectivity index (χ1v) is 8.46. The molecule has 2 aromatic carbocycles. The fourth-order valence-electron chi connectivity index (χ4n) is 2.99. The molecule has 0 unspecified atom stereocenters. The Bertz CT molecular complexity index is 1160. The smallest absolute Gasteiger partial charge is 0.260 e. The number of hydrogen-bond donors (Lipinski definition) is 1. The summed E-state index contributed by atoms with van der Waals surface area (Å²) < 4.78 is 7.05. The van der Waals surface area contributed by atoms with Gasteiger partial charge < -0.3 is 9.73 Å². The molecule has 0 fully saturated rings. The fourth-order valence-corrected chi connectivity index (χ4v) is 2.99. The zero-order valence-electron chi connectivity index (χ0n) is 14.6. The molecular formula is C21H16N4O2. The van der Waals surface area contributed by atoms with Gasteiger partial charge in [-0.2, -0.15) is 10.4 Å². The van der Waals surface area contributed by atoms with E-state index in [4.69, 9.17) is 9.68 Å². The van der Waals surface area contributed by atoms with Gasteiger partial charge in [0.15, 0.2) is 5.82 Å². The van der Waals surface area contributed by atoms with Crippen LogP contribution in [0.4, 0.5) is 5.82 Å². The van der Waals surface area contributed by atoms with Crippen molar-refractivity contribution in [2.24, 2.45) is 0 Å². The van der Waals surface area contributed by atoms with Gasteiger partial charge in [-0.1, -0.05) is 24.3 Å². The van der Waals surface area contributed by atoms with Gasteiger partial charge in [-0.15, -0.1) is 0 Å². The van der Waals surface area contributed by atoms with E-state index in [1.807, 2.05) is 41.1 Å². The van der Waals surface area contributed by atoms with Gasteiger partial charge in [0.1, 0.15) is 5.76 Å². The van der Waals surface area contributed by atoms with E-state index >= 15 is 0 Å². The van der Waals surface area contributed by atoms with Crippen molar-refractivity contribution < 1.29 is 9.21 Å². The summed E-state index contributed by atoms with van der Waals surface area (Å²) in [6.07, 6.45) is 1.49. The molecule has 0 aliphatic rings. The number of carbonyl (C=O) groups excluding carboxylic acids is 1. The highest BCUT2D eigenvalue weighted by Gasteiger charge is 2.16. The zero-order valence-corrected chi connectivity index (χ0v) is 14.6. The lowest BCUT2D eigenvalue weighted by atomic mass is 10.1. The second kappa shape index (κ2) is 6.81. The predicted molar refractivity (Wildman–Crippen MR) is 101 cm³/mol. The summed E-state index contributed by atoms with van der Waals surface area (Å²) in [6, 6.07) is 18.9. The number of rotatable bonds is 4. The molecule has 0 aliphatic heterocycles. The van der Waals surface area contributed by atoms with Crippen LogP contribution in [0.2, 0.25) is 0 Å². The molecule has 1 N–H and O–H groups in total. The van der Waals surface area contributed by atoms with E-state index in [0.29, 0.717) is 29.2 Å². The number of benzene rings is 2. The molecule has 0 spiro atoms. The molecule has 0 radical (unpaired) electrons. The average Bonchev–Trinajstić information content (AvgIpc) is 3.27. The van der Waals surface area contributed by atoms with E-state index in [2.05, 4.69) is 16.5 Å². The molecule has 0 saturated heterocycles. The molecule has 2 heterocycles. The van der Waals surface area contributed by atoms with Gasteiger partial charge in [-0.3, -0.25) is 9.48 Å². The van der Waals surface area contributed by atoms with Gasteiger partial charge in [0, 0.05) is 5.39 Å². The normalized spacial score (nSPS) is 10.7. The maximum absolute atomic E-state index is 12.5. The molecule has 27 heavy (non-hydrogen) atoms. The lowest BCUT2D eigenvalue weighted by Crippen LogP contribution is -2.13. The predicted octanol–water partition coefficient (Wildman–Crippen LogP) is 4.11. The molecule has 6 nitrogen and oxygen atoms in total. The first-order chi connectivity index (χ1) is 13.2. The Morgan fingerprint density at radius 3 is 2.67 bits per heavy atom. The number of nitrogens with one attached hydrogen (secondary N) is 1. The summed E-state index contributed by atoms with van der Waals surface area (Å²) in [7, 11) is 0. The molecule has 4 rings (SSSR count). The van der Waals surface area contributed by atoms with Gasteiger partial charge in [-0.25, -0.2) is 0 Å². The zero-order chi connectivity index (χ0) is 18.8. The van der Waals surface area contributed by atoms with Crippen molar-refractivity contribution in [1.82, 2.24) is 9.78 Å². The monoisotopic (exact) mass is 356 g/mol. The summed E-state index contributed by atoms with van der Waals surface area (Å²) in [6.45, 7) is 2.28. The maximum Gasteiger partial charge on any atom is 0.260 e. The van der Waals surface area contributed by atoms with Crippen LogP contribution >= 0.6 is 0 Å². The summed E-state index contributed by atoms with van der Waals surface area (Å²) >= 11 is 0. The van der Waals surface area contributed by atoms with Crippen LogP contribution in [0, 0.1) is 18.3 Å². The van der Waals surface area contributed by atoms with E-state index in [9.17, 15) is 4.79 Å². The molecule has 1 amide bonds. The Balaban J connectivity index is 1.67. The van der Waals surface area contributed by atoms with E-state index in [1.165, 1.54) is 6.26 Å². The van der Waals surface area contributed by atoms with Crippen molar-refractivity contribution in [1.29, 1.82) is 5.26 Å². The molecule has 0 aliphatic carbocycles. The Kier molecular flexibility index (Phi) is 4.19. The van der Waals surface area contributed by atoms with E-state index in [0.717, 1.165) is 16.5 Å². The van der Waals surface area contributed by atoms with Crippen LogP contribution < -0.4 is 5.32 Å². The first-order valence-electron chi connectivity index (χ1n) is 8.46. The maximum atomic E-state index is 12.5. The van der Waals surface area contributed by atoms with Crippen molar-refractivity contribution in [3.8, 4) is 6.07 Å². The van der Waals surface area contributed by atoms with Crippen LogP contribution in [0.15, 0.2) is 65.3 Å². The first kappa shape index (κ1) is 16.6. The van der Waals surface area contributed by atoms with Crippen LogP contribution in [0.3, 0.4) is 0 Å². The van der Waals surface area contributed by atoms with Crippen molar-refractivity contribution in [2.75, 3.05) is 5.32 Å². The van der Waals surface area contributed by atoms with Crippen LogP contribution in [0.5, 0.6) is 0 Å². The number of nitrogens with zero attached hydrogens (tertiary/aromatic N) is 3. The molecule has 2 aromatic heterocycles. The number of fused-ring (bicyclic) bond motifs is 1. The second-order valence-corrected chi connectivity index (χ2v) is 6.18. The minimum atomic E-state index is -0.255. The molecule has 4 aromatic rings. The van der Waals surface area contributed by atoms with Gasteiger partial charge in [0.05, 0.1) is 35.5 Å². The van der Waals surface area contributed by atoms with Crippen LogP contribution in [0.1, 0.15) is 27.2 Å². The average molecular weight is 356 g/mol. The van der Waals surface area contributed by atoms with Crippen LogP contribution in [0.25, 0.3) is 10.9 Å². The second-order valence-electron chi connectivity index (χ2n) is 6.18. The molecule has 0 bridgehead atoms. The third-order valence-electron chi connectivity index (χ3n) is 4.41. The number of hydrogen-bond acceptors (Lipinski definition) is 4. The third kappa shape index (κ3) is 3.18. The molecule has 0 atom stereocenters. The highest BCUT2D eigenvalue weighted by molar-refractivity contribution is 6.08. The Morgan fingerprint density at radius 2 is 1.96 bits per heavy atom. The van der Waals surface area contributed by atoms with Gasteiger partial charge in [0.2, 0.25) is 0 Å². The molecule has 132 valence electrons. The third-order valence-corrected chi connectivity index (χ3v) is 4.41. The number of nitriles is 1. The Morgan fingerprint density at radius 1 is 1.19 bits per heavy atom. The van der Waals surface area contributed by atoms with Gasteiger partial charge in [0.25, 0.3) is 5.91 Å². The van der Waals surface area contributed by atoms with Crippen LogP contribution in [-0.4, -0.2) is 15.7 Å². The van der Waals surface area contributed by atoms with Crippen molar-refractivity contribution >= 4 is 22.6 Å². The van der Waals surface area contributed by atoms with Crippen molar-refractivity contribution in [2.45, 2.75) is 13.5 Å².